The molecule has 1 N–H and O–H groups in total. The number of benzene rings is 3. The molecule has 0 bridgehead atoms. The highest BCUT2D eigenvalue weighted by molar-refractivity contribution is 6.16. The summed E-state index contributed by atoms with van der Waals surface area (Å²) in [5, 5.41) is 2.83. The molecule has 6 nitrogen and oxygen atoms in total. The molecule has 1 aromatic heterocycles. The van der Waals surface area contributed by atoms with E-state index in [4.69, 9.17) is 0 Å². The van der Waals surface area contributed by atoms with Crippen molar-refractivity contribution < 1.29 is 14.4 Å². The van der Waals surface area contributed by atoms with Gasteiger partial charge in [0, 0.05) is 11.8 Å². The van der Waals surface area contributed by atoms with Crippen LogP contribution in [0.25, 0.3) is 0 Å². The standard InChI is InChI=1S/C29H25N3O3/c33-27(19-22-9-3-1-4-10-22)32(28(34)20-23-11-5-2-6-12-23)26-16-14-24(15-17-26)29(35)31-21-25-13-7-8-18-30-25/h1-18H,19-21H2,(H,31,35). The Hall–Kier alpha value is -4.58. The zero-order valence-electron chi connectivity index (χ0n) is 19.1. The zero-order valence-corrected chi connectivity index (χ0v) is 19.1. The van der Waals surface area contributed by atoms with Gasteiger partial charge >= 0.3 is 0 Å². The molecule has 0 aliphatic rings. The monoisotopic (exact) mass is 463 g/mol. The summed E-state index contributed by atoms with van der Waals surface area (Å²) in [6.07, 6.45) is 1.85. The van der Waals surface area contributed by atoms with E-state index in [9.17, 15) is 14.4 Å². The van der Waals surface area contributed by atoms with Gasteiger partial charge < -0.3 is 5.32 Å². The van der Waals surface area contributed by atoms with E-state index in [1.165, 1.54) is 4.90 Å². The molecule has 3 aromatic carbocycles. The normalized spacial score (nSPS) is 10.4. The van der Waals surface area contributed by atoms with Gasteiger partial charge in [0.1, 0.15) is 0 Å². The third kappa shape index (κ3) is 6.48. The van der Waals surface area contributed by atoms with Crippen LogP contribution < -0.4 is 10.2 Å². The molecule has 0 atom stereocenters. The number of hydrogen-bond donors (Lipinski definition) is 1. The SMILES string of the molecule is O=C(NCc1ccccn1)c1ccc(N(C(=O)Cc2ccccc2)C(=O)Cc2ccccc2)cc1. The summed E-state index contributed by atoms with van der Waals surface area (Å²) in [6, 6.07) is 30.6. The summed E-state index contributed by atoms with van der Waals surface area (Å²) < 4.78 is 0. The first-order valence-electron chi connectivity index (χ1n) is 11.3. The predicted octanol–water partition coefficient (Wildman–Crippen LogP) is 4.36. The molecular formula is C29H25N3O3. The van der Waals surface area contributed by atoms with Crippen LogP contribution in [0.5, 0.6) is 0 Å². The fourth-order valence-corrected chi connectivity index (χ4v) is 3.66. The molecule has 0 aliphatic carbocycles. The Morgan fingerprint density at radius 3 is 1.71 bits per heavy atom. The third-order valence-corrected chi connectivity index (χ3v) is 5.44. The maximum Gasteiger partial charge on any atom is 0.251 e. The van der Waals surface area contributed by atoms with E-state index in [2.05, 4.69) is 10.3 Å². The Kier molecular flexibility index (Phi) is 7.76. The molecule has 35 heavy (non-hydrogen) atoms. The van der Waals surface area contributed by atoms with Crippen LogP contribution in [0.4, 0.5) is 5.69 Å². The van der Waals surface area contributed by atoms with E-state index in [0.717, 1.165) is 16.8 Å². The lowest BCUT2D eigenvalue weighted by atomic mass is 10.1. The van der Waals surface area contributed by atoms with Crippen molar-refractivity contribution in [1.29, 1.82) is 0 Å². The largest absolute Gasteiger partial charge is 0.346 e. The van der Waals surface area contributed by atoms with Crippen LogP contribution in [0.3, 0.4) is 0 Å². The smallest absolute Gasteiger partial charge is 0.251 e. The lowest BCUT2D eigenvalue weighted by molar-refractivity contribution is -0.125. The minimum Gasteiger partial charge on any atom is -0.346 e. The second-order valence-electron chi connectivity index (χ2n) is 8.00. The lowest BCUT2D eigenvalue weighted by Gasteiger charge is -2.22. The molecule has 3 amide bonds. The van der Waals surface area contributed by atoms with Crippen molar-refractivity contribution in [3.8, 4) is 0 Å². The highest BCUT2D eigenvalue weighted by Crippen LogP contribution is 2.19. The molecule has 0 aliphatic heterocycles. The van der Waals surface area contributed by atoms with Crippen molar-refractivity contribution in [1.82, 2.24) is 10.3 Å². The molecule has 0 unspecified atom stereocenters. The fourth-order valence-electron chi connectivity index (χ4n) is 3.66. The summed E-state index contributed by atoms with van der Waals surface area (Å²) in [5.74, 6) is -0.922. The van der Waals surface area contributed by atoms with Gasteiger partial charge in [-0.05, 0) is 47.5 Å². The van der Waals surface area contributed by atoms with Gasteiger partial charge in [-0.2, -0.15) is 0 Å². The first-order valence-corrected chi connectivity index (χ1v) is 11.3. The summed E-state index contributed by atoms with van der Waals surface area (Å²) in [7, 11) is 0. The van der Waals surface area contributed by atoms with E-state index in [1.54, 1.807) is 30.5 Å². The number of pyridine rings is 1. The number of aromatic nitrogens is 1. The second kappa shape index (κ2) is 11.5. The van der Waals surface area contributed by atoms with Crippen molar-refractivity contribution in [3.63, 3.8) is 0 Å². The summed E-state index contributed by atoms with van der Waals surface area (Å²) in [5.41, 5.74) is 3.24. The van der Waals surface area contributed by atoms with E-state index in [1.807, 2.05) is 78.9 Å². The molecule has 4 aromatic rings. The maximum atomic E-state index is 13.2. The van der Waals surface area contributed by atoms with Gasteiger partial charge in [0.2, 0.25) is 11.8 Å². The first kappa shape index (κ1) is 23.6. The molecule has 1 heterocycles. The Labute approximate surface area is 204 Å². The number of nitrogens with one attached hydrogen (secondary N) is 1. The van der Waals surface area contributed by atoms with Crippen LogP contribution in [0, 0.1) is 0 Å². The molecule has 0 saturated carbocycles. The van der Waals surface area contributed by atoms with E-state index < -0.39 is 0 Å². The van der Waals surface area contributed by atoms with Gasteiger partial charge in [-0.3, -0.25) is 24.3 Å². The molecule has 174 valence electrons. The number of nitrogens with zero attached hydrogens (tertiary/aromatic N) is 2. The van der Waals surface area contributed by atoms with Gasteiger partial charge in [-0.1, -0.05) is 66.7 Å². The quantitative estimate of drug-likeness (QED) is 0.421. The molecule has 0 radical (unpaired) electrons. The van der Waals surface area contributed by atoms with Gasteiger partial charge in [-0.15, -0.1) is 0 Å². The number of imide groups is 1. The molecule has 0 fully saturated rings. The minimum absolute atomic E-state index is 0.0910. The van der Waals surface area contributed by atoms with Crippen LogP contribution >= 0.6 is 0 Å². The van der Waals surface area contributed by atoms with Crippen LogP contribution in [-0.2, 0) is 29.0 Å². The van der Waals surface area contributed by atoms with E-state index in [0.29, 0.717) is 17.8 Å². The van der Waals surface area contributed by atoms with Gasteiger partial charge in [0.05, 0.1) is 30.8 Å². The number of carbonyl (C=O) groups is 3. The van der Waals surface area contributed by atoms with Crippen LogP contribution in [0.2, 0.25) is 0 Å². The zero-order chi connectivity index (χ0) is 24.5. The van der Waals surface area contributed by atoms with Gasteiger partial charge in [-0.25, -0.2) is 0 Å². The van der Waals surface area contributed by atoms with E-state index in [-0.39, 0.29) is 30.6 Å². The molecule has 4 rings (SSSR count). The molecule has 0 saturated heterocycles. The minimum atomic E-state index is -0.329. The number of carbonyl (C=O) groups excluding carboxylic acids is 3. The maximum absolute atomic E-state index is 13.2. The van der Waals surface area contributed by atoms with Crippen LogP contribution in [0.15, 0.2) is 109 Å². The molecule has 6 heteroatoms. The number of rotatable bonds is 8. The average molecular weight is 464 g/mol. The van der Waals surface area contributed by atoms with E-state index >= 15 is 0 Å². The molecule has 0 spiro atoms. The number of hydrogen-bond acceptors (Lipinski definition) is 4. The second-order valence-corrected chi connectivity index (χ2v) is 8.00. The fraction of sp³-hybridized carbons (Fsp3) is 0.103. The van der Waals surface area contributed by atoms with Crippen LogP contribution in [0.1, 0.15) is 27.2 Å². The lowest BCUT2D eigenvalue weighted by Crippen LogP contribution is -2.39. The van der Waals surface area contributed by atoms with Crippen molar-refractivity contribution in [2.75, 3.05) is 4.90 Å². The van der Waals surface area contributed by atoms with Crippen LogP contribution in [-0.4, -0.2) is 22.7 Å². The highest BCUT2D eigenvalue weighted by atomic mass is 16.2. The van der Waals surface area contributed by atoms with Crippen molar-refractivity contribution in [3.05, 3.63) is 132 Å². The van der Waals surface area contributed by atoms with Crippen molar-refractivity contribution in [2.45, 2.75) is 19.4 Å². The Morgan fingerprint density at radius 2 is 1.20 bits per heavy atom. The number of amides is 3. The Bertz CT molecular complexity index is 1220. The third-order valence-electron chi connectivity index (χ3n) is 5.44. The Morgan fingerprint density at radius 1 is 0.657 bits per heavy atom. The van der Waals surface area contributed by atoms with Crippen molar-refractivity contribution >= 4 is 23.4 Å². The number of anilines is 1. The summed E-state index contributed by atoms with van der Waals surface area (Å²) in [4.78, 5) is 44.4. The summed E-state index contributed by atoms with van der Waals surface area (Å²) >= 11 is 0. The van der Waals surface area contributed by atoms with Gasteiger partial charge in [0.25, 0.3) is 5.91 Å². The molecular weight excluding hydrogens is 438 g/mol. The topological polar surface area (TPSA) is 79.4 Å². The highest BCUT2D eigenvalue weighted by Gasteiger charge is 2.24. The van der Waals surface area contributed by atoms with Gasteiger partial charge in [0.15, 0.2) is 0 Å². The Balaban J connectivity index is 1.52. The first-order chi connectivity index (χ1) is 17.1. The average Bonchev–Trinajstić information content (AvgIpc) is 2.89. The predicted molar refractivity (Wildman–Crippen MR) is 135 cm³/mol. The summed E-state index contributed by atoms with van der Waals surface area (Å²) in [6.45, 7) is 0.304. The van der Waals surface area contributed by atoms with Crippen molar-refractivity contribution in [2.24, 2.45) is 0 Å².